The number of hydrogen-bond acceptors (Lipinski definition) is 3. The minimum absolute atomic E-state index is 0.00530. The lowest BCUT2D eigenvalue weighted by atomic mass is 9.99. The summed E-state index contributed by atoms with van der Waals surface area (Å²) in [5.41, 5.74) is 0.163. The molecule has 4 nitrogen and oxygen atoms in total. The lowest BCUT2D eigenvalue weighted by Gasteiger charge is -2.08. The topological polar surface area (TPSA) is 71.4 Å². The molecule has 7 heteroatoms. The van der Waals surface area contributed by atoms with Gasteiger partial charge in [-0.05, 0) is 29.8 Å². The van der Waals surface area contributed by atoms with E-state index in [0.29, 0.717) is 0 Å². The molecule has 110 valence electrons. The molecule has 0 heterocycles. The Hall–Kier alpha value is -1.76. The van der Waals surface area contributed by atoms with Crippen LogP contribution in [-0.4, -0.2) is 18.8 Å². The number of carbonyl (C=O) groups excluding carboxylic acids is 1. The highest BCUT2D eigenvalue weighted by Gasteiger charge is 2.18. The van der Waals surface area contributed by atoms with Gasteiger partial charge in [0.2, 0.25) is 0 Å². The van der Waals surface area contributed by atoms with Crippen molar-refractivity contribution in [2.24, 2.45) is 0 Å². The fraction of sp³-hybridized carbons (Fsp3) is 0.0714. The lowest BCUT2D eigenvalue weighted by Crippen LogP contribution is -2.10. The van der Waals surface area contributed by atoms with Crippen molar-refractivity contribution in [3.63, 3.8) is 0 Å². The van der Waals surface area contributed by atoms with E-state index in [9.17, 15) is 17.6 Å². The smallest absolute Gasteiger partial charge is 0.269 e. The van der Waals surface area contributed by atoms with Crippen LogP contribution >= 0.6 is 11.6 Å². The van der Waals surface area contributed by atoms with Gasteiger partial charge in [-0.3, -0.25) is 9.35 Å². The number of carbonyl (C=O) groups is 1. The fourth-order valence-electron chi connectivity index (χ4n) is 1.87. The summed E-state index contributed by atoms with van der Waals surface area (Å²) < 4.78 is 44.1. The third kappa shape index (κ3) is 4.10. The molecule has 0 radical (unpaired) electrons. The van der Waals surface area contributed by atoms with Crippen LogP contribution in [0.3, 0.4) is 0 Å². The van der Waals surface area contributed by atoms with Crippen LogP contribution in [0.15, 0.2) is 42.5 Å². The summed E-state index contributed by atoms with van der Waals surface area (Å²) in [5, 5.41) is 0.230. The Morgan fingerprint density at radius 2 is 1.90 bits per heavy atom. The van der Waals surface area contributed by atoms with Crippen molar-refractivity contribution >= 4 is 27.5 Å². The van der Waals surface area contributed by atoms with Crippen LogP contribution in [0.1, 0.15) is 21.5 Å². The highest BCUT2D eigenvalue weighted by molar-refractivity contribution is 7.85. The summed E-state index contributed by atoms with van der Waals surface area (Å²) in [5.74, 6) is -1.88. The van der Waals surface area contributed by atoms with Crippen LogP contribution in [0.4, 0.5) is 4.39 Å². The zero-order valence-electron chi connectivity index (χ0n) is 10.6. The van der Waals surface area contributed by atoms with Gasteiger partial charge in [0, 0.05) is 16.1 Å². The van der Waals surface area contributed by atoms with Gasteiger partial charge in [0.15, 0.2) is 5.78 Å². The number of benzene rings is 2. The van der Waals surface area contributed by atoms with Crippen LogP contribution in [0.5, 0.6) is 0 Å². The third-order valence-electron chi connectivity index (χ3n) is 2.74. The molecule has 1 N–H and O–H groups in total. The van der Waals surface area contributed by atoms with Gasteiger partial charge in [-0.2, -0.15) is 8.42 Å². The maximum atomic E-state index is 13.2. The van der Waals surface area contributed by atoms with E-state index >= 15 is 0 Å². The van der Waals surface area contributed by atoms with Crippen LogP contribution in [0, 0.1) is 5.82 Å². The predicted octanol–water partition coefficient (Wildman–Crippen LogP) is 3.10. The molecule has 0 saturated carbocycles. The van der Waals surface area contributed by atoms with Crippen molar-refractivity contribution in [3.8, 4) is 0 Å². The summed E-state index contributed by atoms with van der Waals surface area (Å²) in [6.45, 7) is 0. The molecule has 2 aromatic carbocycles. The van der Waals surface area contributed by atoms with Crippen molar-refractivity contribution in [1.82, 2.24) is 0 Å². The summed E-state index contributed by atoms with van der Waals surface area (Å²) in [6.07, 6.45) is 0. The molecule has 0 amide bonds. The molecule has 0 bridgehead atoms. The van der Waals surface area contributed by atoms with E-state index in [-0.39, 0.29) is 21.7 Å². The second-order valence-corrected chi connectivity index (χ2v) is 6.26. The molecular weight excluding hydrogens is 319 g/mol. The van der Waals surface area contributed by atoms with Gasteiger partial charge in [-0.15, -0.1) is 0 Å². The highest BCUT2D eigenvalue weighted by Crippen LogP contribution is 2.21. The molecule has 0 aromatic heterocycles. The van der Waals surface area contributed by atoms with Gasteiger partial charge in [0.05, 0.1) is 0 Å². The van der Waals surface area contributed by atoms with E-state index in [2.05, 4.69) is 0 Å². The summed E-state index contributed by atoms with van der Waals surface area (Å²) in [7, 11) is -4.31. The maximum Gasteiger partial charge on any atom is 0.269 e. The normalized spacial score (nSPS) is 11.4. The maximum absolute atomic E-state index is 13.2. The zero-order chi connectivity index (χ0) is 15.6. The van der Waals surface area contributed by atoms with Gasteiger partial charge >= 0.3 is 0 Å². The fourth-order valence-corrected chi connectivity index (χ4v) is 2.68. The standard InChI is InChI=1S/C14H10ClFO4S/c15-11-5-4-10(8-21(18,19)20)13(7-11)14(17)9-2-1-3-12(16)6-9/h1-7H,8H2,(H,18,19,20). The predicted molar refractivity (Wildman–Crippen MR) is 76.5 cm³/mol. The second-order valence-electron chi connectivity index (χ2n) is 4.37. The van der Waals surface area contributed by atoms with Crippen LogP contribution in [-0.2, 0) is 15.9 Å². The summed E-state index contributed by atoms with van der Waals surface area (Å²) in [6, 6.07) is 9.04. The molecular formula is C14H10ClFO4S. The molecule has 0 spiro atoms. The molecule has 0 aliphatic heterocycles. The Bertz CT molecular complexity index is 802. The third-order valence-corrected chi connectivity index (χ3v) is 3.65. The second kappa shape index (κ2) is 5.93. The van der Waals surface area contributed by atoms with Crippen LogP contribution < -0.4 is 0 Å². The van der Waals surface area contributed by atoms with E-state index < -0.39 is 27.5 Å². The number of hydrogen-bond donors (Lipinski definition) is 1. The van der Waals surface area contributed by atoms with Crippen LogP contribution in [0.25, 0.3) is 0 Å². The average molecular weight is 329 g/mol. The van der Waals surface area contributed by atoms with E-state index in [1.165, 1.54) is 36.4 Å². The van der Waals surface area contributed by atoms with Crippen molar-refractivity contribution in [2.75, 3.05) is 0 Å². The monoisotopic (exact) mass is 328 g/mol. The Morgan fingerprint density at radius 1 is 1.19 bits per heavy atom. The molecule has 0 saturated heterocycles. The molecule has 21 heavy (non-hydrogen) atoms. The van der Waals surface area contributed by atoms with Crippen molar-refractivity contribution in [3.05, 3.63) is 70.0 Å². The SMILES string of the molecule is O=C(c1cccc(F)c1)c1cc(Cl)ccc1CS(=O)(=O)O. The first-order chi connectivity index (χ1) is 9.76. The molecule has 0 fully saturated rings. The largest absolute Gasteiger partial charge is 0.289 e. The molecule has 0 aliphatic rings. The first kappa shape index (κ1) is 15.6. The van der Waals surface area contributed by atoms with Gasteiger partial charge in [0.1, 0.15) is 11.6 Å². The quantitative estimate of drug-likeness (QED) is 0.691. The van der Waals surface area contributed by atoms with Crippen molar-refractivity contribution in [1.29, 1.82) is 0 Å². The van der Waals surface area contributed by atoms with Crippen LogP contribution in [0.2, 0.25) is 5.02 Å². The van der Waals surface area contributed by atoms with Gasteiger partial charge < -0.3 is 0 Å². The molecule has 2 rings (SSSR count). The number of ketones is 1. The Morgan fingerprint density at radius 3 is 2.52 bits per heavy atom. The van der Waals surface area contributed by atoms with Crippen molar-refractivity contribution in [2.45, 2.75) is 5.75 Å². The average Bonchev–Trinajstić information content (AvgIpc) is 2.38. The van der Waals surface area contributed by atoms with Gasteiger partial charge in [0.25, 0.3) is 10.1 Å². The van der Waals surface area contributed by atoms with E-state index in [4.69, 9.17) is 16.2 Å². The number of halogens is 2. The Balaban J connectivity index is 2.51. The lowest BCUT2D eigenvalue weighted by molar-refractivity contribution is 0.103. The molecule has 0 unspecified atom stereocenters. The Kier molecular flexibility index (Phi) is 4.41. The van der Waals surface area contributed by atoms with E-state index in [0.717, 1.165) is 6.07 Å². The molecule has 0 aliphatic carbocycles. The van der Waals surface area contributed by atoms with Crippen molar-refractivity contribution < 1.29 is 22.2 Å². The zero-order valence-corrected chi connectivity index (χ0v) is 12.2. The van der Waals surface area contributed by atoms with E-state index in [1.54, 1.807) is 0 Å². The van der Waals surface area contributed by atoms with E-state index in [1.807, 2.05) is 0 Å². The Labute approximate surface area is 125 Å². The van der Waals surface area contributed by atoms with Gasteiger partial charge in [-0.1, -0.05) is 29.8 Å². The summed E-state index contributed by atoms with van der Waals surface area (Å²) in [4.78, 5) is 12.4. The first-order valence-corrected chi connectivity index (χ1v) is 7.79. The minimum Gasteiger partial charge on any atom is -0.289 e. The minimum atomic E-state index is -4.31. The van der Waals surface area contributed by atoms with Gasteiger partial charge in [-0.25, -0.2) is 4.39 Å². The molecule has 2 aromatic rings. The first-order valence-electron chi connectivity index (χ1n) is 5.80. The number of rotatable bonds is 4. The summed E-state index contributed by atoms with van der Waals surface area (Å²) >= 11 is 5.81. The molecule has 0 atom stereocenters. The highest BCUT2D eigenvalue weighted by atomic mass is 35.5.